The third-order valence-electron chi connectivity index (χ3n) is 3.29. The fourth-order valence-electron chi connectivity index (χ4n) is 2.07. The highest BCUT2D eigenvalue weighted by atomic mass is 16.1. The molecular weight excluding hydrogens is 236 g/mol. The first-order valence-corrected chi connectivity index (χ1v) is 7.56. The summed E-state index contributed by atoms with van der Waals surface area (Å²) in [6.45, 7) is 4.16. The molecule has 1 aromatic heterocycles. The molecule has 0 N–H and O–H groups in total. The number of carbonyl (C=O) groups excluding carboxylic acids is 1. The lowest BCUT2D eigenvalue weighted by molar-refractivity contribution is 0.0969. The van der Waals surface area contributed by atoms with Crippen molar-refractivity contribution < 1.29 is 4.79 Å². The van der Waals surface area contributed by atoms with Crippen LogP contribution >= 0.6 is 0 Å². The molecule has 0 radical (unpaired) electrons. The average molecular weight is 262 g/mol. The summed E-state index contributed by atoms with van der Waals surface area (Å²) in [5.41, 5.74) is 0.989. The van der Waals surface area contributed by atoms with E-state index in [1.54, 1.807) is 12.4 Å². The van der Waals surface area contributed by atoms with Crippen molar-refractivity contribution in [1.82, 2.24) is 9.97 Å². The highest BCUT2D eigenvalue weighted by Gasteiger charge is 2.07. The van der Waals surface area contributed by atoms with Crippen LogP contribution in [0.15, 0.2) is 12.4 Å². The minimum Gasteiger partial charge on any atom is -0.291 e. The summed E-state index contributed by atoms with van der Waals surface area (Å²) in [6, 6.07) is 0. The Bertz CT molecular complexity index is 360. The first kappa shape index (κ1) is 15.8. The molecule has 0 amide bonds. The van der Waals surface area contributed by atoms with Crippen molar-refractivity contribution in [1.29, 1.82) is 0 Å². The maximum Gasteiger partial charge on any atom is 0.200 e. The molecule has 0 unspecified atom stereocenters. The highest BCUT2D eigenvalue weighted by Crippen LogP contribution is 2.10. The molecule has 0 aliphatic carbocycles. The number of aryl methyl sites for hydroxylation is 1. The quantitative estimate of drug-likeness (QED) is 0.460. The molecule has 106 valence electrons. The van der Waals surface area contributed by atoms with Crippen LogP contribution < -0.4 is 0 Å². The molecule has 0 atom stereocenters. The smallest absolute Gasteiger partial charge is 0.200 e. The van der Waals surface area contributed by atoms with E-state index in [0.29, 0.717) is 12.2 Å². The Morgan fingerprint density at radius 2 is 1.47 bits per heavy atom. The van der Waals surface area contributed by atoms with Gasteiger partial charge in [-0.05, 0) is 18.9 Å². The molecule has 1 rings (SSSR count). The standard InChI is InChI=1S/C16H26N2O/c1-3-4-5-6-7-8-9-10-11-15(19)16-17-12-14(2)13-18-16/h12-13H,3-11H2,1-2H3. The third kappa shape index (κ3) is 7.04. The summed E-state index contributed by atoms with van der Waals surface area (Å²) in [7, 11) is 0. The molecule has 0 aliphatic rings. The molecule has 1 heterocycles. The predicted molar refractivity (Wildman–Crippen MR) is 78.3 cm³/mol. The summed E-state index contributed by atoms with van der Waals surface area (Å²) in [5, 5.41) is 0. The minimum atomic E-state index is 0.0750. The minimum absolute atomic E-state index is 0.0750. The summed E-state index contributed by atoms with van der Waals surface area (Å²) in [6.07, 6.45) is 14.0. The molecule has 1 aromatic rings. The third-order valence-corrected chi connectivity index (χ3v) is 3.29. The summed E-state index contributed by atoms with van der Waals surface area (Å²) in [4.78, 5) is 19.9. The second-order valence-corrected chi connectivity index (χ2v) is 5.23. The van der Waals surface area contributed by atoms with Crippen LogP contribution in [-0.2, 0) is 0 Å². The van der Waals surface area contributed by atoms with Gasteiger partial charge in [0.05, 0.1) is 0 Å². The van der Waals surface area contributed by atoms with E-state index in [-0.39, 0.29) is 5.78 Å². The normalized spacial score (nSPS) is 10.6. The number of hydrogen-bond acceptors (Lipinski definition) is 3. The molecule has 0 aromatic carbocycles. The number of ketones is 1. The van der Waals surface area contributed by atoms with Crippen LogP contribution in [0.5, 0.6) is 0 Å². The number of rotatable bonds is 10. The molecule has 0 saturated heterocycles. The van der Waals surface area contributed by atoms with Crippen LogP contribution in [-0.4, -0.2) is 15.8 Å². The maximum atomic E-state index is 11.8. The molecule has 3 nitrogen and oxygen atoms in total. The van der Waals surface area contributed by atoms with Gasteiger partial charge in [0.25, 0.3) is 0 Å². The van der Waals surface area contributed by atoms with Gasteiger partial charge in [-0.2, -0.15) is 0 Å². The Morgan fingerprint density at radius 1 is 0.947 bits per heavy atom. The van der Waals surface area contributed by atoms with Crippen molar-refractivity contribution in [3.05, 3.63) is 23.8 Å². The number of hydrogen-bond donors (Lipinski definition) is 0. The molecule has 0 spiro atoms. The van der Waals surface area contributed by atoms with E-state index in [1.807, 2.05) is 6.92 Å². The molecule has 0 saturated carbocycles. The second-order valence-electron chi connectivity index (χ2n) is 5.23. The lowest BCUT2D eigenvalue weighted by Gasteiger charge is -2.01. The summed E-state index contributed by atoms with van der Waals surface area (Å²) >= 11 is 0. The van der Waals surface area contributed by atoms with Gasteiger partial charge in [0.2, 0.25) is 0 Å². The van der Waals surface area contributed by atoms with Crippen molar-refractivity contribution in [3.63, 3.8) is 0 Å². The van der Waals surface area contributed by atoms with Gasteiger partial charge in [0, 0.05) is 18.8 Å². The van der Waals surface area contributed by atoms with Gasteiger partial charge in [-0.3, -0.25) is 4.79 Å². The molecular formula is C16H26N2O. The van der Waals surface area contributed by atoms with E-state index >= 15 is 0 Å². The van der Waals surface area contributed by atoms with Crippen LogP contribution in [0.3, 0.4) is 0 Å². The Balaban J connectivity index is 2.06. The van der Waals surface area contributed by atoms with Crippen molar-refractivity contribution in [2.75, 3.05) is 0 Å². The lowest BCUT2D eigenvalue weighted by Crippen LogP contribution is -2.05. The number of Topliss-reactive ketones (excluding diaryl/α,β-unsaturated/α-hetero) is 1. The largest absolute Gasteiger partial charge is 0.291 e. The van der Waals surface area contributed by atoms with Crippen molar-refractivity contribution in [2.24, 2.45) is 0 Å². The monoisotopic (exact) mass is 262 g/mol. The van der Waals surface area contributed by atoms with E-state index in [9.17, 15) is 4.79 Å². The first-order valence-electron chi connectivity index (χ1n) is 7.56. The van der Waals surface area contributed by atoms with Crippen molar-refractivity contribution >= 4 is 5.78 Å². The maximum absolute atomic E-state index is 11.8. The van der Waals surface area contributed by atoms with Crippen LogP contribution in [0.4, 0.5) is 0 Å². The van der Waals surface area contributed by atoms with Crippen LogP contribution in [0.2, 0.25) is 0 Å². The Labute approximate surface area is 116 Å². The van der Waals surface area contributed by atoms with E-state index in [4.69, 9.17) is 0 Å². The Morgan fingerprint density at radius 3 is 2.05 bits per heavy atom. The second kappa shape index (κ2) is 9.65. The fourth-order valence-corrected chi connectivity index (χ4v) is 2.07. The zero-order chi connectivity index (χ0) is 13.9. The molecule has 3 heteroatoms. The van der Waals surface area contributed by atoms with Crippen LogP contribution in [0.25, 0.3) is 0 Å². The fraction of sp³-hybridized carbons (Fsp3) is 0.688. The van der Waals surface area contributed by atoms with Gasteiger partial charge in [-0.25, -0.2) is 9.97 Å². The predicted octanol–water partition coefficient (Wildman–Crippen LogP) is 4.50. The molecule has 0 bridgehead atoms. The highest BCUT2D eigenvalue weighted by molar-refractivity contribution is 5.92. The summed E-state index contributed by atoms with van der Waals surface area (Å²) in [5.74, 6) is 0.444. The van der Waals surface area contributed by atoms with E-state index in [0.717, 1.165) is 18.4 Å². The molecule has 19 heavy (non-hydrogen) atoms. The van der Waals surface area contributed by atoms with Crippen LogP contribution in [0.1, 0.15) is 80.9 Å². The van der Waals surface area contributed by atoms with Gasteiger partial charge in [0.15, 0.2) is 11.6 Å². The van der Waals surface area contributed by atoms with Crippen LogP contribution in [0, 0.1) is 6.92 Å². The van der Waals surface area contributed by atoms with E-state index in [2.05, 4.69) is 16.9 Å². The van der Waals surface area contributed by atoms with Crippen molar-refractivity contribution in [2.45, 2.75) is 71.6 Å². The van der Waals surface area contributed by atoms with Gasteiger partial charge >= 0.3 is 0 Å². The average Bonchev–Trinajstić information content (AvgIpc) is 2.42. The summed E-state index contributed by atoms with van der Waals surface area (Å²) < 4.78 is 0. The Hall–Kier alpha value is -1.25. The zero-order valence-corrected chi connectivity index (χ0v) is 12.3. The molecule has 0 aliphatic heterocycles. The number of unbranched alkanes of at least 4 members (excludes halogenated alkanes) is 7. The topological polar surface area (TPSA) is 42.9 Å². The molecule has 0 fully saturated rings. The number of nitrogens with zero attached hydrogens (tertiary/aromatic N) is 2. The number of carbonyl (C=O) groups is 1. The van der Waals surface area contributed by atoms with Gasteiger partial charge < -0.3 is 0 Å². The lowest BCUT2D eigenvalue weighted by atomic mass is 10.1. The number of aromatic nitrogens is 2. The SMILES string of the molecule is CCCCCCCCCCC(=O)c1ncc(C)cn1. The first-order chi connectivity index (χ1) is 9.24. The van der Waals surface area contributed by atoms with E-state index < -0.39 is 0 Å². The van der Waals surface area contributed by atoms with Gasteiger partial charge in [0.1, 0.15) is 0 Å². The van der Waals surface area contributed by atoms with Gasteiger partial charge in [-0.1, -0.05) is 51.9 Å². The zero-order valence-electron chi connectivity index (χ0n) is 12.3. The van der Waals surface area contributed by atoms with Crippen molar-refractivity contribution in [3.8, 4) is 0 Å². The van der Waals surface area contributed by atoms with E-state index in [1.165, 1.54) is 38.5 Å². The Kier molecular flexibility index (Phi) is 8.03. The van der Waals surface area contributed by atoms with Gasteiger partial charge in [-0.15, -0.1) is 0 Å².